The summed E-state index contributed by atoms with van der Waals surface area (Å²) in [6.07, 6.45) is 3.17. The summed E-state index contributed by atoms with van der Waals surface area (Å²) in [7, 11) is 3.23. The molecule has 0 aliphatic heterocycles. The summed E-state index contributed by atoms with van der Waals surface area (Å²) in [5, 5.41) is 9.39. The average molecular weight is 287 g/mol. The number of carbonyl (C=O) groups is 1. The van der Waals surface area contributed by atoms with Gasteiger partial charge in [0, 0.05) is 13.5 Å². The van der Waals surface area contributed by atoms with E-state index in [1.165, 1.54) is 0 Å². The summed E-state index contributed by atoms with van der Waals surface area (Å²) < 4.78 is 10.8. The second-order valence-electron chi connectivity index (χ2n) is 5.67. The van der Waals surface area contributed by atoms with Crippen molar-refractivity contribution in [3.05, 3.63) is 29.3 Å². The lowest BCUT2D eigenvalue weighted by atomic mass is 9.74. The highest BCUT2D eigenvalue weighted by atomic mass is 16.5. The zero-order chi connectivity index (χ0) is 15.5. The summed E-state index contributed by atoms with van der Waals surface area (Å²) in [6.45, 7) is 1.93. The van der Waals surface area contributed by atoms with Gasteiger partial charge < -0.3 is 9.47 Å². The van der Waals surface area contributed by atoms with Crippen molar-refractivity contribution in [3.8, 4) is 11.8 Å². The summed E-state index contributed by atoms with van der Waals surface area (Å²) in [6, 6.07) is 7.60. The van der Waals surface area contributed by atoms with Gasteiger partial charge in [0.1, 0.15) is 11.7 Å². The lowest BCUT2D eigenvalue weighted by molar-refractivity contribution is -0.132. The zero-order valence-electron chi connectivity index (χ0n) is 12.8. The van der Waals surface area contributed by atoms with E-state index in [1.807, 2.05) is 19.1 Å². The fourth-order valence-corrected chi connectivity index (χ4v) is 2.79. The minimum absolute atomic E-state index is 0.0787. The Kier molecular flexibility index (Phi) is 4.64. The van der Waals surface area contributed by atoms with E-state index >= 15 is 0 Å². The van der Waals surface area contributed by atoms with Gasteiger partial charge in [-0.3, -0.25) is 4.79 Å². The number of ketones is 1. The number of aryl methyl sites for hydroxylation is 1. The van der Waals surface area contributed by atoms with E-state index < -0.39 is 5.92 Å². The minimum Gasteiger partial charge on any atom is -0.496 e. The molecule has 1 aromatic carbocycles. The van der Waals surface area contributed by atoms with E-state index in [0.29, 0.717) is 17.7 Å². The molecule has 1 fully saturated rings. The van der Waals surface area contributed by atoms with Crippen molar-refractivity contribution < 1.29 is 14.3 Å². The number of hydrogen-bond donors (Lipinski definition) is 0. The first-order valence-corrected chi connectivity index (χ1v) is 7.17. The number of ether oxygens (including phenoxy) is 2. The van der Waals surface area contributed by atoms with Gasteiger partial charge in [0.15, 0.2) is 5.78 Å². The molecule has 1 saturated carbocycles. The van der Waals surface area contributed by atoms with Crippen molar-refractivity contribution in [1.82, 2.24) is 0 Å². The Labute approximate surface area is 125 Å². The van der Waals surface area contributed by atoms with Crippen LogP contribution in [-0.2, 0) is 9.53 Å². The maximum absolute atomic E-state index is 12.5. The molecule has 0 bridgehead atoms. The molecule has 1 aliphatic carbocycles. The van der Waals surface area contributed by atoms with E-state index in [9.17, 15) is 10.1 Å². The SMILES string of the molecule is COc1cc(C(C#N)C(=O)CC2(OC)CCC2)ccc1C. The van der Waals surface area contributed by atoms with Crippen molar-refractivity contribution in [2.24, 2.45) is 0 Å². The van der Waals surface area contributed by atoms with Crippen LogP contribution in [0.1, 0.15) is 42.7 Å². The third kappa shape index (κ3) is 3.08. The van der Waals surface area contributed by atoms with E-state index in [4.69, 9.17) is 9.47 Å². The smallest absolute Gasteiger partial charge is 0.157 e. The molecule has 0 heterocycles. The normalized spacial score (nSPS) is 17.4. The lowest BCUT2D eigenvalue weighted by Gasteiger charge is -2.40. The van der Waals surface area contributed by atoms with Crippen molar-refractivity contribution in [2.75, 3.05) is 14.2 Å². The van der Waals surface area contributed by atoms with Crippen molar-refractivity contribution in [1.29, 1.82) is 5.26 Å². The highest BCUT2D eigenvalue weighted by Gasteiger charge is 2.40. The molecule has 1 atom stereocenters. The van der Waals surface area contributed by atoms with Crippen molar-refractivity contribution in [3.63, 3.8) is 0 Å². The first-order chi connectivity index (χ1) is 10.0. The number of hydrogen-bond acceptors (Lipinski definition) is 4. The monoisotopic (exact) mass is 287 g/mol. The molecular formula is C17H21NO3. The van der Waals surface area contributed by atoms with Crippen molar-refractivity contribution in [2.45, 2.75) is 44.1 Å². The van der Waals surface area contributed by atoms with E-state index in [1.54, 1.807) is 20.3 Å². The van der Waals surface area contributed by atoms with E-state index in [2.05, 4.69) is 6.07 Å². The van der Waals surface area contributed by atoms with Crippen LogP contribution in [0.15, 0.2) is 18.2 Å². The Balaban J connectivity index is 2.19. The van der Waals surface area contributed by atoms with E-state index in [0.717, 1.165) is 24.8 Å². The second kappa shape index (κ2) is 6.28. The molecule has 0 N–H and O–H groups in total. The largest absolute Gasteiger partial charge is 0.496 e. The minimum atomic E-state index is -0.757. The molecule has 1 aliphatic rings. The molecule has 0 spiro atoms. The maximum atomic E-state index is 12.5. The van der Waals surface area contributed by atoms with E-state index in [-0.39, 0.29) is 11.4 Å². The molecule has 112 valence electrons. The van der Waals surface area contributed by atoms with Crippen LogP contribution in [0.4, 0.5) is 0 Å². The number of benzene rings is 1. The van der Waals surface area contributed by atoms with Crippen LogP contribution < -0.4 is 4.74 Å². The van der Waals surface area contributed by atoms with Crippen LogP contribution in [0.3, 0.4) is 0 Å². The Morgan fingerprint density at radius 2 is 2.14 bits per heavy atom. The van der Waals surface area contributed by atoms with Gasteiger partial charge in [-0.1, -0.05) is 12.1 Å². The van der Waals surface area contributed by atoms with Crippen LogP contribution in [-0.4, -0.2) is 25.6 Å². The number of rotatable bonds is 6. The highest BCUT2D eigenvalue weighted by Crippen LogP contribution is 2.39. The third-order valence-electron chi connectivity index (χ3n) is 4.41. The fourth-order valence-electron chi connectivity index (χ4n) is 2.79. The number of nitrogens with zero attached hydrogens (tertiary/aromatic N) is 1. The molecule has 21 heavy (non-hydrogen) atoms. The molecule has 4 heteroatoms. The van der Waals surface area contributed by atoms with Gasteiger partial charge in [0.25, 0.3) is 0 Å². The molecule has 0 amide bonds. The predicted molar refractivity (Wildman–Crippen MR) is 79.3 cm³/mol. The molecule has 0 saturated heterocycles. The zero-order valence-corrected chi connectivity index (χ0v) is 12.8. The second-order valence-corrected chi connectivity index (χ2v) is 5.67. The van der Waals surface area contributed by atoms with Crippen LogP contribution in [0, 0.1) is 18.3 Å². The molecule has 0 radical (unpaired) electrons. The van der Waals surface area contributed by atoms with Crippen LogP contribution in [0.2, 0.25) is 0 Å². The Morgan fingerprint density at radius 3 is 2.62 bits per heavy atom. The number of nitriles is 1. The molecule has 1 aromatic rings. The van der Waals surface area contributed by atoms with Gasteiger partial charge in [-0.15, -0.1) is 0 Å². The standard InChI is InChI=1S/C17H21NO3/c1-12-5-6-13(9-16(12)20-2)14(11-18)15(19)10-17(21-3)7-4-8-17/h5-6,9,14H,4,7-8,10H2,1-3H3. The number of Topliss-reactive ketones (excluding diaryl/α,β-unsaturated/α-hetero) is 1. The summed E-state index contributed by atoms with van der Waals surface area (Å²) in [4.78, 5) is 12.5. The van der Waals surface area contributed by atoms with Gasteiger partial charge >= 0.3 is 0 Å². The Hall–Kier alpha value is -1.86. The quantitative estimate of drug-likeness (QED) is 0.806. The molecule has 0 aromatic heterocycles. The summed E-state index contributed by atoms with van der Waals surface area (Å²) >= 11 is 0. The fraction of sp³-hybridized carbons (Fsp3) is 0.529. The van der Waals surface area contributed by atoms with Gasteiger partial charge in [-0.25, -0.2) is 0 Å². The topological polar surface area (TPSA) is 59.3 Å². The van der Waals surface area contributed by atoms with Gasteiger partial charge in [-0.05, 0) is 43.4 Å². The number of carbonyl (C=O) groups excluding carboxylic acids is 1. The highest BCUT2D eigenvalue weighted by molar-refractivity contribution is 5.89. The lowest BCUT2D eigenvalue weighted by Crippen LogP contribution is -2.42. The number of methoxy groups -OCH3 is 2. The molecular weight excluding hydrogens is 266 g/mol. The van der Waals surface area contributed by atoms with Crippen LogP contribution in [0.5, 0.6) is 5.75 Å². The average Bonchev–Trinajstić information content (AvgIpc) is 2.45. The van der Waals surface area contributed by atoms with Gasteiger partial charge in [0.05, 0.1) is 18.8 Å². The van der Waals surface area contributed by atoms with Gasteiger partial charge in [0.2, 0.25) is 0 Å². The predicted octanol–water partition coefficient (Wildman–Crippen LogP) is 3.14. The first kappa shape index (κ1) is 15.5. The van der Waals surface area contributed by atoms with Crippen LogP contribution in [0.25, 0.3) is 0 Å². The van der Waals surface area contributed by atoms with Crippen molar-refractivity contribution >= 4 is 5.78 Å². The molecule has 1 unspecified atom stereocenters. The summed E-state index contributed by atoms with van der Waals surface area (Å²) in [5.74, 6) is -0.136. The molecule has 2 rings (SSSR count). The van der Waals surface area contributed by atoms with Gasteiger partial charge in [-0.2, -0.15) is 5.26 Å². The Morgan fingerprint density at radius 1 is 1.43 bits per heavy atom. The maximum Gasteiger partial charge on any atom is 0.157 e. The summed E-state index contributed by atoms with van der Waals surface area (Å²) in [5.41, 5.74) is 1.33. The first-order valence-electron chi connectivity index (χ1n) is 7.17. The molecule has 4 nitrogen and oxygen atoms in total. The Bertz CT molecular complexity index is 564. The van der Waals surface area contributed by atoms with Crippen LogP contribution >= 0.6 is 0 Å². The third-order valence-corrected chi connectivity index (χ3v) is 4.41.